The number of imidazole rings is 2. The molecule has 0 amide bonds. The molecule has 0 spiro atoms. The minimum absolute atomic E-state index is 0.298. The van der Waals surface area contributed by atoms with Gasteiger partial charge in [0.25, 0.3) is 0 Å². The summed E-state index contributed by atoms with van der Waals surface area (Å²) in [5.41, 5.74) is 2.33. The van der Waals surface area contributed by atoms with Gasteiger partial charge >= 0.3 is 0 Å². The van der Waals surface area contributed by atoms with E-state index in [1.165, 1.54) is 18.2 Å². The fraction of sp³-hybridized carbons (Fsp3) is 0.158. The maximum Gasteiger partial charge on any atom is 0.160 e. The molecule has 0 saturated heterocycles. The number of hydrogen-bond acceptors (Lipinski definition) is 4. The van der Waals surface area contributed by atoms with E-state index in [1.807, 2.05) is 34.3 Å². The second-order valence-electron chi connectivity index (χ2n) is 5.80. The van der Waals surface area contributed by atoms with E-state index in [9.17, 15) is 4.39 Å². The molecule has 0 aliphatic heterocycles. The largest absolute Gasteiger partial charge is 0.323 e. The molecule has 0 atom stereocenters. The molecule has 3 heterocycles. The lowest BCUT2D eigenvalue weighted by Crippen LogP contribution is -2.09. The first-order valence-corrected chi connectivity index (χ1v) is 8.22. The van der Waals surface area contributed by atoms with Gasteiger partial charge in [-0.05, 0) is 37.3 Å². The van der Waals surface area contributed by atoms with Crippen molar-refractivity contribution in [3.05, 3.63) is 66.1 Å². The average molecular weight is 346 g/mol. The predicted octanol–water partition coefficient (Wildman–Crippen LogP) is 3.37. The molecule has 6 nitrogen and oxygen atoms in total. The van der Waals surface area contributed by atoms with Crippen molar-refractivity contribution < 1.29 is 4.39 Å². The number of benzene rings is 1. The fourth-order valence-corrected chi connectivity index (χ4v) is 3.06. The smallest absolute Gasteiger partial charge is 0.160 e. The molecule has 1 aromatic carbocycles. The molecule has 0 unspecified atom stereocenters. The van der Waals surface area contributed by atoms with Crippen LogP contribution in [0.1, 0.15) is 18.3 Å². The molecule has 4 aromatic rings. The summed E-state index contributed by atoms with van der Waals surface area (Å²) in [6, 6.07) is 10.1. The van der Waals surface area contributed by atoms with Crippen molar-refractivity contribution in [3.63, 3.8) is 0 Å². The molecular formula is C19H15FN6. The predicted molar refractivity (Wildman–Crippen MR) is 94.6 cm³/mol. The van der Waals surface area contributed by atoms with Crippen molar-refractivity contribution >= 4 is 11.2 Å². The van der Waals surface area contributed by atoms with E-state index in [0.29, 0.717) is 23.5 Å². The normalized spacial score (nSPS) is 11.0. The summed E-state index contributed by atoms with van der Waals surface area (Å²) in [6.45, 7) is 3.19. The van der Waals surface area contributed by atoms with Crippen LogP contribution in [0.3, 0.4) is 0 Å². The highest BCUT2D eigenvalue weighted by Crippen LogP contribution is 2.24. The van der Waals surface area contributed by atoms with Gasteiger partial charge in [-0.1, -0.05) is 0 Å². The zero-order chi connectivity index (χ0) is 18.1. The Morgan fingerprint density at radius 1 is 1.19 bits per heavy atom. The number of rotatable bonds is 4. The topological polar surface area (TPSA) is 72.3 Å². The van der Waals surface area contributed by atoms with Crippen molar-refractivity contribution in [2.75, 3.05) is 0 Å². The minimum Gasteiger partial charge on any atom is -0.323 e. The molecule has 128 valence electrons. The van der Waals surface area contributed by atoms with Crippen LogP contribution in [-0.2, 0) is 13.1 Å². The van der Waals surface area contributed by atoms with Gasteiger partial charge in [0, 0.05) is 25.1 Å². The molecule has 0 aliphatic rings. The molecule has 0 fully saturated rings. The monoisotopic (exact) mass is 346 g/mol. The number of halogens is 1. The number of pyridine rings is 1. The third-order valence-corrected chi connectivity index (χ3v) is 4.26. The third-order valence-electron chi connectivity index (χ3n) is 4.26. The lowest BCUT2D eigenvalue weighted by molar-refractivity contribution is 0.624. The maximum absolute atomic E-state index is 14.3. The fourth-order valence-electron chi connectivity index (χ4n) is 3.06. The zero-order valence-electron chi connectivity index (χ0n) is 14.1. The highest BCUT2D eigenvalue weighted by atomic mass is 19.1. The standard InChI is InChI=1S/C19H15FN6/c1-2-26-17(24-16-4-3-7-22-19(16)26)12-25-9-8-23-18(25)14-10-13(11-21)5-6-15(14)20/h3-10H,2,12H2,1H3. The molecule has 0 saturated carbocycles. The summed E-state index contributed by atoms with van der Waals surface area (Å²) in [7, 11) is 0. The van der Waals surface area contributed by atoms with Crippen molar-refractivity contribution in [1.82, 2.24) is 24.1 Å². The first kappa shape index (κ1) is 16.0. The zero-order valence-corrected chi connectivity index (χ0v) is 14.1. The summed E-state index contributed by atoms with van der Waals surface area (Å²) in [6.07, 6.45) is 5.14. The molecule has 26 heavy (non-hydrogen) atoms. The van der Waals surface area contributed by atoms with Gasteiger partial charge in [0.1, 0.15) is 23.0 Å². The molecule has 3 aromatic heterocycles. The quantitative estimate of drug-likeness (QED) is 0.568. The van der Waals surface area contributed by atoms with Crippen LogP contribution in [0.5, 0.6) is 0 Å². The van der Waals surface area contributed by atoms with E-state index < -0.39 is 5.82 Å². The van der Waals surface area contributed by atoms with Gasteiger partial charge in [0.2, 0.25) is 0 Å². The van der Waals surface area contributed by atoms with Crippen LogP contribution in [0.4, 0.5) is 4.39 Å². The van der Waals surface area contributed by atoms with Crippen molar-refractivity contribution in [2.24, 2.45) is 0 Å². The van der Waals surface area contributed by atoms with E-state index in [0.717, 1.165) is 23.5 Å². The van der Waals surface area contributed by atoms with Gasteiger partial charge in [-0.25, -0.2) is 19.3 Å². The Morgan fingerprint density at radius 3 is 2.88 bits per heavy atom. The third kappa shape index (κ3) is 2.62. The average Bonchev–Trinajstić information content (AvgIpc) is 3.26. The van der Waals surface area contributed by atoms with Crippen LogP contribution in [0.15, 0.2) is 48.9 Å². The molecule has 7 heteroatoms. The summed E-state index contributed by atoms with van der Waals surface area (Å²) < 4.78 is 18.2. The van der Waals surface area contributed by atoms with Crippen molar-refractivity contribution in [3.8, 4) is 17.5 Å². The molecule has 0 aliphatic carbocycles. The Bertz CT molecular complexity index is 1130. The summed E-state index contributed by atoms with van der Waals surface area (Å²) in [4.78, 5) is 13.3. The summed E-state index contributed by atoms with van der Waals surface area (Å²) in [5.74, 6) is 0.863. The molecule has 0 N–H and O–H groups in total. The Hall–Kier alpha value is -3.53. The number of nitrogens with zero attached hydrogens (tertiary/aromatic N) is 6. The van der Waals surface area contributed by atoms with Crippen LogP contribution in [-0.4, -0.2) is 24.1 Å². The Labute approximate surface area is 149 Å². The second kappa shape index (κ2) is 6.41. The van der Waals surface area contributed by atoms with E-state index >= 15 is 0 Å². The van der Waals surface area contributed by atoms with E-state index in [-0.39, 0.29) is 0 Å². The number of fused-ring (bicyclic) bond motifs is 1. The van der Waals surface area contributed by atoms with Gasteiger partial charge in [0.05, 0.1) is 23.7 Å². The van der Waals surface area contributed by atoms with Crippen LogP contribution < -0.4 is 0 Å². The Morgan fingerprint density at radius 2 is 2.08 bits per heavy atom. The van der Waals surface area contributed by atoms with E-state index in [2.05, 4.69) is 15.0 Å². The summed E-state index contributed by atoms with van der Waals surface area (Å²) >= 11 is 0. The highest BCUT2D eigenvalue weighted by Gasteiger charge is 2.16. The molecule has 4 rings (SSSR count). The highest BCUT2D eigenvalue weighted by molar-refractivity contribution is 5.71. The van der Waals surface area contributed by atoms with Crippen LogP contribution in [0.25, 0.3) is 22.6 Å². The van der Waals surface area contributed by atoms with Gasteiger partial charge in [-0.3, -0.25) is 0 Å². The van der Waals surface area contributed by atoms with Crippen molar-refractivity contribution in [2.45, 2.75) is 20.0 Å². The Kier molecular flexibility index (Phi) is 3.93. The maximum atomic E-state index is 14.3. The number of nitriles is 1. The number of aryl methyl sites for hydroxylation is 1. The molecular weight excluding hydrogens is 331 g/mol. The van der Waals surface area contributed by atoms with Crippen LogP contribution >= 0.6 is 0 Å². The van der Waals surface area contributed by atoms with E-state index in [4.69, 9.17) is 5.26 Å². The van der Waals surface area contributed by atoms with Gasteiger partial charge in [-0.15, -0.1) is 0 Å². The lowest BCUT2D eigenvalue weighted by Gasteiger charge is -2.10. The number of aromatic nitrogens is 5. The molecule has 0 bridgehead atoms. The first-order valence-electron chi connectivity index (χ1n) is 8.22. The van der Waals surface area contributed by atoms with Crippen molar-refractivity contribution in [1.29, 1.82) is 5.26 Å². The second-order valence-corrected chi connectivity index (χ2v) is 5.80. The SMILES string of the molecule is CCn1c(Cn2ccnc2-c2cc(C#N)ccc2F)nc2cccnc21. The minimum atomic E-state index is -0.415. The Balaban J connectivity index is 1.79. The lowest BCUT2D eigenvalue weighted by atomic mass is 10.1. The van der Waals surface area contributed by atoms with Gasteiger partial charge in [0.15, 0.2) is 5.65 Å². The van der Waals surface area contributed by atoms with Crippen LogP contribution in [0.2, 0.25) is 0 Å². The molecule has 0 radical (unpaired) electrons. The summed E-state index contributed by atoms with van der Waals surface area (Å²) in [5, 5.41) is 9.08. The van der Waals surface area contributed by atoms with Crippen LogP contribution in [0, 0.1) is 17.1 Å². The van der Waals surface area contributed by atoms with E-state index in [1.54, 1.807) is 18.6 Å². The first-order chi connectivity index (χ1) is 12.7. The van der Waals surface area contributed by atoms with Gasteiger partial charge < -0.3 is 9.13 Å². The number of hydrogen-bond donors (Lipinski definition) is 0. The van der Waals surface area contributed by atoms with Gasteiger partial charge in [-0.2, -0.15) is 5.26 Å².